The van der Waals surface area contributed by atoms with E-state index in [9.17, 15) is 0 Å². The first-order valence-corrected chi connectivity index (χ1v) is 6.86. The molecule has 0 aromatic heterocycles. The number of nitrogens with zero attached hydrogens (tertiary/aromatic N) is 1. The Morgan fingerprint density at radius 1 is 1.58 bits per heavy atom. The number of benzene rings is 1. The van der Waals surface area contributed by atoms with Crippen molar-refractivity contribution in [1.29, 1.82) is 0 Å². The molecule has 1 aromatic rings. The van der Waals surface area contributed by atoms with Crippen molar-refractivity contribution in [1.82, 2.24) is 10.6 Å². The molecule has 1 saturated carbocycles. The Morgan fingerprint density at radius 3 is 3.11 bits per heavy atom. The Balaban J connectivity index is 1.93. The van der Waals surface area contributed by atoms with Gasteiger partial charge in [-0.2, -0.15) is 0 Å². The van der Waals surface area contributed by atoms with Gasteiger partial charge < -0.3 is 10.6 Å². The van der Waals surface area contributed by atoms with E-state index in [2.05, 4.69) is 27.6 Å². The van der Waals surface area contributed by atoms with Crippen LogP contribution in [0.4, 0.5) is 0 Å². The molecular weight excluding hydrogens is 258 g/mol. The molecule has 19 heavy (non-hydrogen) atoms. The molecule has 1 aliphatic carbocycles. The van der Waals surface area contributed by atoms with Gasteiger partial charge in [-0.25, -0.2) is 4.99 Å². The summed E-state index contributed by atoms with van der Waals surface area (Å²) in [7, 11) is 0. The van der Waals surface area contributed by atoms with Crippen LogP contribution in [0.15, 0.2) is 29.3 Å². The minimum atomic E-state index is 0.393. The molecule has 1 fully saturated rings. The summed E-state index contributed by atoms with van der Waals surface area (Å²) in [5, 5.41) is 7.37. The third-order valence-electron chi connectivity index (χ3n) is 3.06. The van der Waals surface area contributed by atoms with Crippen molar-refractivity contribution in [2.24, 2.45) is 4.99 Å². The van der Waals surface area contributed by atoms with Gasteiger partial charge in [-0.1, -0.05) is 29.7 Å². The summed E-state index contributed by atoms with van der Waals surface area (Å²) in [5.74, 6) is 3.81. The van der Waals surface area contributed by atoms with Crippen molar-refractivity contribution in [2.75, 3.05) is 13.1 Å². The first-order chi connectivity index (χ1) is 9.24. The van der Waals surface area contributed by atoms with Crippen LogP contribution in [-0.4, -0.2) is 25.1 Å². The number of aliphatic imine (C=N–C) groups is 1. The van der Waals surface area contributed by atoms with Gasteiger partial charge in [0.2, 0.25) is 0 Å². The van der Waals surface area contributed by atoms with Crippen LogP contribution in [0.1, 0.15) is 24.8 Å². The van der Waals surface area contributed by atoms with E-state index in [0.29, 0.717) is 18.5 Å². The Kier molecular flexibility index (Phi) is 4.70. The predicted octanol–water partition coefficient (Wildman–Crippen LogP) is 2.38. The number of halogens is 1. The topological polar surface area (TPSA) is 36.4 Å². The molecule has 0 radical (unpaired) electrons. The van der Waals surface area contributed by atoms with Crippen molar-refractivity contribution in [3.05, 3.63) is 34.9 Å². The Bertz CT molecular complexity index is 504. The number of hydrogen-bond acceptors (Lipinski definition) is 1. The van der Waals surface area contributed by atoms with E-state index in [0.717, 1.165) is 23.9 Å². The lowest BCUT2D eigenvalue weighted by Gasteiger charge is -2.10. The highest BCUT2D eigenvalue weighted by atomic mass is 35.5. The second kappa shape index (κ2) is 6.49. The molecular formula is C15H18ClN3. The molecule has 0 heterocycles. The Morgan fingerprint density at radius 2 is 2.42 bits per heavy atom. The van der Waals surface area contributed by atoms with Gasteiger partial charge in [-0.3, -0.25) is 0 Å². The maximum absolute atomic E-state index is 6.01. The zero-order chi connectivity index (χ0) is 13.7. The zero-order valence-electron chi connectivity index (χ0n) is 11.0. The average molecular weight is 276 g/mol. The van der Waals surface area contributed by atoms with Gasteiger partial charge in [0.25, 0.3) is 0 Å². The molecule has 2 rings (SSSR count). The molecule has 1 aliphatic rings. The van der Waals surface area contributed by atoms with E-state index < -0.39 is 0 Å². The monoisotopic (exact) mass is 275 g/mol. The van der Waals surface area contributed by atoms with Crippen LogP contribution < -0.4 is 10.6 Å². The average Bonchev–Trinajstić information content (AvgIpc) is 3.15. The molecule has 2 unspecified atom stereocenters. The minimum absolute atomic E-state index is 0.393. The molecule has 100 valence electrons. The lowest BCUT2D eigenvalue weighted by molar-refractivity contribution is 0.803. The number of terminal acetylenes is 1. The number of guanidine groups is 1. The van der Waals surface area contributed by atoms with E-state index in [4.69, 9.17) is 18.0 Å². The highest BCUT2D eigenvalue weighted by molar-refractivity contribution is 6.30. The normalized spacial score (nSPS) is 21.6. The van der Waals surface area contributed by atoms with Crippen molar-refractivity contribution < 1.29 is 0 Å². The van der Waals surface area contributed by atoms with Gasteiger partial charge in [0.05, 0.1) is 0 Å². The van der Waals surface area contributed by atoms with Crippen LogP contribution in [0.25, 0.3) is 0 Å². The van der Waals surface area contributed by atoms with Gasteiger partial charge >= 0.3 is 0 Å². The highest BCUT2D eigenvalue weighted by Gasteiger charge is 2.39. The van der Waals surface area contributed by atoms with Gasteiger partial charge in [0.1, 0.15) is 6.54 Å². The van der Waals surface area contributed by atoms with E-state index in [1.165, 1.54) is 5.56 Å². The summed E-state index contributed by atoms with van der Waals surface area (Å²) < 4.78 is 0. The second-order valence-electron chi connectivity index (χ2n) is 4.55. The zero-order valence-corrected chi connectivity index (χ0v) is 11.7. The number of rotatable bonds is 4. The smallest absolute Gasteiger partial charge is 0.192 e. The molecule has 1 aromatic carbocycles. The van der Waals surface area contributed by atoms with E-state index in [1.54, 1.807) is 0 Å². The molecule has 0 bridgehead atoms. The summed E-state index contributed by atoms with van der Waals surface area (Å²) in [6.45, 7) is 3.25. The van der Waals surface area contributed by atoms with Crippen molar-refractivity contribution in [3.8, 4) is 12.3 Å². The third kappa shape index (κ3) is 3.90. The fourth-order valence-electron chi connectivity index (χ4n) is 2.08. The summed E-state index contributed by atoms with van der Waals surface area (Å²) in [6, 6.07) is 8.44. The highest BCUT2D eigenvalue weighted by Crippen LogP contribution is 2.41. The van der Waals surface area contributed by atoms with Crippen molar-refractivity contribution >= 4 is 17.6 Å². The Hall–Kier alpha value is -1.66. The van der Waals surface area contributed by atoms with Crippen LogP contribution in [0.2, 0.25) is 5.02 Å². The molecule has 2 atom stereocenters. The first-order valence-electron chi connectivity index (χ1n) is 6.48. The first kappa shape index (κ1) is 13.8. The van der Waals surface area contributed by atoms with Crippen LogP contribution in [0, 0.1) is 12.3 Å². The third-order valence-corrected chi connectivity index (χ3v) is 3.30. The predicted molar refractivity (Wildman–Crippen MR) is 80.5 cm³/mol. The largest absolute Gasteiger partial charge is 0.357 e. The van der Waals surface area contributed by atoms with E-state index >= 15 is 0 Å². The molecule has 0 spiro atoms. The van der Waals surface area contributed by atoms with Gasteiger partial charge in [-0.15, -0.1) is 6.42 Å². The molecule has 0 amide bonds. The summed E-state index contributed by atoms with van der Waals surface area (Å²) >= 11 is 6.01. The lowest BCUT2D eigenvalue weighted by Crippen LogP contribution is -2.39. The second-order valence-corrected chi connectivity index (χ2v) is 4.98. The van der Waals surface area contributed by atoms with Crippen LogP contribution in [0.5, 0.6) is 0 Å². The van der Waals surface area contributed by atoms with Crippen LogP contribution in [-0.2, 0) is 0 Å². The van der Waals surface area contributed by atoms with Crippen LogP contribution in [0.3, 0.4) is 0 Å². The fraction of sp³-hybridized carbons (Fsp3) is 0.400. The van der Waals surface area contributed by atoms with E-state index in [1.807, 2.05) is 25.1 Å². The van der Waals surface area contributed by atoms with Gasteiger partial charge in [-0.05, 0) is 31.0 Å². The molecule has 0 saturated heterocycles. The Labute approximate surface area is 119 Å². The summed E-state index contributed by atoms with van der Waals surface area (Å²) in [6.07, 6.45) is 6.33. The molecule has 4 heteroatoms. The molecule has 2 N–H and O–H groups in total. The maximum Gasteiger partial charge on any atom is 0.192 e. The summed E-state index contributed by atoms with van der Waals surface area (Å²) in [5.41, 5.74) is 1.28. The number of hydrogen-bond donors (Lipinski definition) is 2. The molecule has 0 aliphatic heterocycles. The van der Waals surface area contributed by atoms with Crippen LogP contribution >= 0.6 is 11.6 Å². The fourth-order valence-corrected chi connectivity index (χ4v) is 2.28. The number of nitrogens with one attached hydrogen (secondary N) is 2. The maximum atomic E-state index is 6.01. The van der Waals surface area contributed by atoms with Crippen molar-refractivity contribution in [3.63, 3.8) is 0 Å². The summed E-state index contributed by atoms with van der Waals surface area (Å²) in [4.78, 5) is 4.29. The quantitative estimate of drug-likeness (QED) is 0.503. The van der Waals surface area contributed by atoms with E-state index in [-0.39, 0.29) is 0 Å². The van der Waals surface area contributed by atoms with Gasteiger partial charge in [0.15, 0.2) is 5.96 Å². The van der Waals surface area contributed by atoms with Gasteiger partial charge in [0, 0.05) is 23.5 Å². The van der Waals surface area contributed by atoms with Crippen molar-refractivity contribution in [2.45, 2.75) is 25.3 Å². The molecule has 3 nitrogen and oxygen atoms in total. The SMILES string of the molecule is C#CCN=C(NCC)NC1CC1c1cccc(Cl)c1. The standard InChI is InChI=1S/C15H18ClN3/c1-3-8-18-15(17-4-2)19-14-10-13(14)11-6-5-7-12(16)9-11/h1,5-7,9,13-14H,4,8,10H2,2H3,(H2,17,18,19). The lowest BCUT2D eigenvalue weighted by atomic mass is 10.1. The minimum Gasteiger partial charge on any atom is -0.357 e.